The third-order valence-electron chi connectivity index (χ3n) is 2.65. The fourth-order valence-corrected chi connectivity index (χ4v) is 2.43. The molecule has 2 rings (SSSR count). The minimum absolute atomic E-state index is 0.446. The van der Waals surface area contributed by atoms with Gasteiger partial charge in [-0.2, -0.15) is 0 Å². The van der Waals surface area contributed by atoms with Crippen LogP contribution in [0.3, 0.4) is 0 Å². The molecule has 2 heterocycles. The van der Waals surface area contributed by atoms with Gasteiger partial charge in [0.25, 0.3) is 0 Å². The fraction of sp³-hybridized carbons (Fsp3) is 0.600. The van der Waals surface area contributed by atoms with E-state index in [0.717, 1.165) is 17.4 Å². The zero-order valence-corrected chi connectivity index (χ0v) is 9.44. The molecule has 0 radical (unpaired) electrons. The van der Waals surface area contributed by atoms with Crippen LogP contribution in [-0.4, -0.2) is 13.1 Å². The van der Waals surface area contributed by atoms with Crippen LogP contribution in [-0.2, 0) is 5.67 Å². The number of rotatable bonds is 1. The van der Waals surface area contributed by atoms with Crippen LogP contribution in [0.5, 0.6) is 0 Å². The van der Waals surface area contributed by atoms with E-state index in [9.17, 15) is 4.39 Å². The quantitative estimate of drug-likeness (QED) is 0.841. The van der Waals surface area contributed by atoms with Gasteiger partial charge in [-0.3, -0.25) is 0 Å². The smallest absolute Gasteiger partial charge is 0.170 e. The van der Waals surface area contributed by atoms with Crippen molar-refractivity contribution in [2.75, 3.05) is 13.1 Å². The molecule has 2 nitrogen and oxygen atoms in total. The van der Waals surface area contributed by atoms with Gasteiger partial charge in [0.2, 0.25) is 0 Å². The van der Waals surface area contributed by atoms with Crippen molar-refractivity contribution < 1.29 is 8.81 Å². The SMILES string of the molecule is FC1(c2occc2Br)CCCNCC1. The lowest BCUT2D eigenvalue weighted by molar-refractivity contribution is 0.111. The molecule has 1 fully saturated rings. The van der Waals surface area contributed by atoms with E-state index in [-0.39, 0.29) is 0 Å². The van der Waals surface area contributed by atoms with Crippen molar-refractivity contribution >= 4 is 15.9 Å². The highest BCUT2D eigenvalue weighted by molar-refractivity contribution is 9.10. The Hall–Kier alpha value is -0.350. The summed E-state index contributed by atoms with van der Waals surface area (Å²) in [6.45, 7) is 1.60. The Bertz CT molecular complexity index is 305. The van der Waals surface area contributed by atoms with E-state index in [2.05, 4.69) is 21.2 Å². The molecule has 1 saturated heterocycles. The van der Waals surface area contributed by atoms with E-state index < -0.39 is 5.67 Å². The van der Waals surface area contributed by atoms with Crippen LogP contribution >= 0.6 is 15.9 Å². The minimum atomic E-state index is -1.30. The molecular formula is C10H13BrFNO. The summed E-state index contributed by atoms with van der Waals surface area (Å²) in [7, 11) is 0. The number of alkyl halides is 1. The second-order valence-corrected chi connectivity index (χ2v) is 4.52. The Morgan fingerprint density at radius 1 is 1.43 bits per heavy atom. The summed E-state index contributed by atoms with van der Waals surface area (Å²) in [6, 6.07) is 1.75. The van der Waals surface area contributed by atoms with E-state index in [4.69, 9.17) is 4.42 Å². The van der Waals surface area contributed by atoms with Crippen LogP contribution in [0.4, 0.5) is 4.39 Å². The number of furan rings is 1. The van der Waals surface area contributed by atoms with Crippen molar-refractivity contribution in [3.05, 3.63) is 22.6 Å². The standard InChI is InChI=1S/C10H13BrFNO/c11-8-2-7-14-9(8)10(12)3-1-5-13-6-4-10/h2,7,13H,1,3-6H2. The van der Waals surface area contributed by atoms with Gasteiger partial charge in [0.05, 0.1) is 10.7 Å². The zero-order valence-electron chi connectivity index (χ0n) is 7.85. The summed E-state index contributed by atoms with van der Waals surface area (Å²) in [5.41, 5.74) is -1.30. The van der Waals surface area contributed by atoms with E-state index in [1.807, 2.05) is 0 Å². The highest BCUT2D eigenvalue weighted by Gasteiger charge is 2.37. The molecule has 1 aliphatic heterocycles. The molecule has 0 amide bonds. The van der Waals surface area contributed by atoms with Crippen LogP contribution in [0, 0.1) is 0 Å². The highest BCUT2D eigenvalue weighted by Crippen LogP contribution is 2.39. The topological polar surface area (TPSA) is 25.2 Å². The molecule has 1 aromatic heterocycles. The summed E-state index contributed by atoms with van der Waals surface area (Å²) in [6.07, 6.45) is 3.40. The molecule has 0 saturated carbocycles. The van der Waals surface area contributed by atoms with Crippen LogP contribution < -0.4 is 5.32 Å². The van der Waals surface area contributed by atoms with Crippen LogP contribution in [0.2, 0.25) is 0 Å². The molecule has 14 heavy (non-hydrogen) atoms. The molecule has 1 atom stereocenters. The summed E-state index contributed by atoms with van der Waals surface area (Å²) < 4.78 is 20.4. The van der Waals surface area contributed by atoms with Gasteiger partial charge in [-0.15, -0.1) is 0 Å². The molecule has 4 heteroatoms. The molecule has 0 bridgehead atoms. The maximum atomic E-state index is 14.5. The largest absolute Gasteiger partial charge is 0.465 e. The van der Waals surface area contributed by atoms with Gasteiger partial charge in [-0.25, -0.2) is 4.39 Å². The molecule has 1 unspecified atom stereocenters. The number of hydrogen-bond acceptors (Lipinski definition) is 2. The van der Waals surface area contributed by atoms with Gasteiger partial charge >= 0.3 is 0 Å². The number of nitrogens with one attached hydrogen (secondary N) is 1. The normalized spacial score (nSPS) is 28.7. The Morgan fingerprint density at radius 2 is 2.29 bits per heavy atom. The molecule has 78 valence electrons. The van der Waals surface area contributed by atoms with E-state index in [0.29, 0.717) is 25.1 Å². The van der Waals surface area contributed by atoms with Gasteiger partial charge in [0, 0.05) is 6.42 Å². The van der Waals surface area contributed by atoms with Gasteiger partial charge < -0.3 is 9.73 Å². The summed E-state index contributed by atoms with van der Waals surface area (Å²) in [4.78, 5) is 0. The average molecular weight is 262 g/mol. The third kappa shape index (κ3) is 1.86. The van der Waals surface area contributed by atoms with E-state index in [1.165, 1.54) is 6.26 Å². The molecule has 1 N–H and O–H groups in total. The number of hydrogen-bond donors (Lipinski definition) is 1. The van der Waals surface area contributed by atoms with Crippen molar-refractivity contribution in [2.24, 2.45) is 0 Å². The first-order valence-electron chi connectivity index (χ1n) is 4.85. The Kier molecular flexibility index (Phi) is 2.93. The first-order chi connectivity index (χ1) is 6.72. The van der Waals surface area contributed by atoms with Crippen LogP contribution in [0.1, 0.15) is 25.0 Å². The molecule has 0 aliphatic carbocycles. The van der Waals surface area contributed by atoms with E-state index in [1.54, 1.807) is 6.07 Å². The first-order valence-corrected chi connectivity index (χ1v) is 5.65. The third-order valence-corrected chi connectivity index (χ3v) is 3.27. The predicted molar refractivity (Wildman–Crippen MR) is 55.9 cm³/mol. The van der Waals surface area contributed by atoms with Gasteiger partial charge in [0.1, 0.15) is 0 Å². The minimum Gasteiger partial charge on any atom is -0.465 e. The Morgan fingerprint density at radius 3 is 3.00 bits per heavy atom. The molecule has 1 aromatic rings. The van der Waals surface area contributed by atoms with E-state index >= 15 is 0 Å². The lowest BCUT2D eigenvalue weighted by Crippen LogP contribution is -2.22. The highest BCUT2D eigenvalue weighted by atomic mass is 79.9. The summed E-state index contributed by atoms with van der Waals surface area (Å²) in [5, 5.41) is 3.19. The second kappa shape index (κ2) is 4.03. The van der Waals surface area contributed by atoms with Crippen LogP contribution in [0.25, 0.3) is 0 Å². The maximum Gasteiger partial charge on any atom is 0.170 e. The maximum absolute atomic E-state index is 14.5. The van der Waals surface area contributed by atoms with Gasteiger partial charge in [-0.1, -0.05) is 0 Å². The second-order valence-electron chi connectivity index (χ2n) is 3.67. The summed E-state index contributed by atoms with van der Waals surface area (Å²) in [5.74, 6) is 0.446. The van der Waals surface area contributed by atoms with Crippen molar-refractivity contribution in [1.29, 1.82) is 0 Å². The Labute approximate surface area is 91.0 Å². The molecule has 1 aliphatic rings. The first kappa shape index (κ1) is 10.2. The lowest BCUT2D eigenvalue weighted by Gasteiger charge is -2.20. The lowest BCUT2D eigenvalue weighted by atomic mass is 9.94. The Balaban J connectivity index is 2.25. The van der Waals surface area contributed by atoms with Crippen molar-refractivity contribution in [2.45, 2.75) is 24.9 Å². The zero-order chi connectivity index (χ0) is 10.0. The predicted octanol–water partition coefficient (Wildman–Crippen LogP) is 2.98. The van der Waals surface area contributed by atoms with Gasteiger partial charge in [-0.05, 0) is 47.9 Å². The monoisotopic (exact) mass is 261 g/mol. The average Bonchev–Trinajstić information content (AvgIpc) is 2.46. The fourth-order valence-electron chi connectivity index (χ4n) is 1.87. The number of halogens is 2. The van der Waals surface area contributed by atoms with Crippen molar-refractivity contribution in [3.63, 3.8) is 0 Å². The van der Waals surface area contributed by atoms with Crippen molar-refractivity contribution in [1.82, 2.24) is 5.32 Å². The molecule has 0 spiro atoms. The molecule has 0 aromatic carbocycles. The summed E-state index contributed by atoms with van der Waals surface area (Å²) >= 11 is 3.31. The molecular weight excluding hydrogens is 249 g/mol. The van der Waals surface area contributed by atoms with Gasteiger partial charge in [0.15, 0.2) is 11.4 Å². The van der Waals surface area contributed by atoms with Crippen LogP contribution in [0.15, 0.2) is 21.2 Å². The van der Waals surface area contributed by atoms with Crippen molar-refractivity contribution in [3.8, 4) is 0 Å².